The van der Waals surface area contributed by atoms with E-state index in [-0.39, 0.29) is 30.5 Å². The lowest BCUT2D eigenvalue weighted by Gasteiger charge is -2.16. The van der Waals surface area contributed by atoms with Crippen LogP contribution in [0.1, 0.15) is 11.4 Å². The van der Waals surface area contributed by atoms with Gasteiger partial charge in [0.15, 0.2) is 0 Å². The highest BCUT2D eigenvalue weighted by Gasteiger charge is 2.35. The van der Waals surface area contributed by atoms with Crippen LogP contribution in [0.3, 0.4) is 0 Å². The first-order valence-electron chi connectivity index (χ1n) is 8.63. The number of benzene rings is 2. The molecule has 4 rings (SSSR count). The van der Waals surface area contributed by atoms with Crippen LogP contribution < -0.4 is 10.2 Å². The number of aromatic nitrogens is 1. The standard InChI is InChI=1S/C19H16N4O4S/c1-11-20-16-9-15(6-7-17(16)28-11)22-10-12(8-18(22)24)19(25)21-13-2-4-14(5-3-13)23(26)27/h2-7,9,12H,8,10H2,1H3,(H,21,25). The van der Waals surface area contributed by atoms with E-state index in [1.54, 1.807) is 16.2 Å². The zero-order chi connectivity index (χ0) is 19.8. The second-order valence-electron chi connectivity index (χ2n) is 6.58. The van der Waals surface area contributed by atoms with Gasteiger partial charge in [-0.2, -0.15) is 0 Å². The molecule has 1 aliphatic rings. The maximum Gasteiger partial charge on any atom is 0.269 e. The minimum Gasteiger partial charge on any atom is -0.326 e. The summed E-state index contributed by atoms with van der Waals surface area (Å²) in [4.78, 5) is 41.3. The van der Waals surface area contributed by atoms with Crippen LogP contribution in [0, 0.1) is 23.0 Å². The van der Waals surface area contributed by atoms with Gasteiger partial charge >= 0.3 is 0 Å². The Balaban J connectivity index is 1.47. The average molecular weight is 396 g/mol. The molecule has 1 N–H and O–H groups in total. The third kappa shape index (κ3) is 3.44. The number of nitro benzene ring substituents is 1. The highest BCUT2D eigenvalue weighted by Crippen LogP contribution is 2.30. The summed E-state index contributed by atoms with van der Waals surface area (Å²) in [6.45, 7) is 2.22. The van der Waals surface area contributed by atoms with E-state index >= 15 is 0 Å². The third-order valence-corrected chi connectivity index (χ3v) is 5.58. The number of aryl methyl sites for hydroxylation is 1. The fourth-order valence-electron chi connectivity index (χ4n) is 3.24. The molecule has 1 aliphatic heterocycles. The zero-order valence-corrected chi connectivity index (χ0v) is 15.7. The van der Waals surface area contributed by atoms with Gasteiger partial charge in [0, 0.05) is 36.5 Å². The van der Waals surface area contributed by atoms with Crippen molar-refractivity contribution >= 4 is 50.4 Å². The fraction of sp³-hybridized carbons (Fsp3) is 0.211. The number of non-ortho nitro benzene ring substituents is 1. The summed E-state index contributed by atoms with van der Waals surface area (Å²) in [6.07, 6.45) is 0.118. The first-order valence-corrected chi connectivity index (χ1v) is 9.45. The number of hydrogen-bond donors (Lipinski definition) is 1. The molecule has 9 heteroatoms. The molecule has 3 aromatic rings. The predicted molar refractivity (Wildman–Crippen MR) is 107 cm³/mol. The van der Waals surface area contributed by atoms with E-state index in [9.17, 15) is 19.7 Å². The van der Waals surface area contributed by atoms with Crippen LogP contribution >= 0.6 is 11.3 Å². The Hall–Kier alpha value is -3.33. The molecule has 0 saturated carbocycles. The second-order valence-corrected chi connectivity index (χ2v) is 7.82. The Morgan fingerprint density at radius 1 is 1.29 bits per heavy atom. The molecule has 0 bridgehead atoms. The Morgan fingerprint density at radius 2 is 2.04 bits per heavy atom. The Labute approximate surface area is 163 Å². The van der Waals surface area contributed by atoms with E-state index in [0.717, 1.165) is 20.9 Å². The molecule has 1 saturated heterocycles. The number of nitrogens with one attached hydrogen (secondary N) is 1. The van der Waals surface area contributed by atoms with Gasteiger partial charge in [-0.05, 0) is 37.3 Å². The number of fused-ring (bicyclic) bond motifs is 1. The molecule has 0 radical (unpaired) electrons. The highest BCUT2D eigenvalue weighted by molar-refractivity contribution is 7.18. The Bertz CT molecular complexity index is 1090. The number of anilines is 2. The van der Waals surface area contributed by atoms with Gasteiger partial charge in [-0.15, -0.1) is 11.3 Å². The average Bonchev–Trinajstić information content (AvgIpc) is 3.23. The van der Waals surface area contributed by atoms with Crippen molar-refractivity contribution in [3.8, 4) is 0 Å². The number of thiazole rings is 1. The fourth-order valence-corrected chi connectivity index (χ4v) is 4.05. The first-order chi connectivity index (χ1) is 13.4. The molecule has 28 heavy (non-hydrogen) atoms. The van der Waals surface area contributed by atoms with Gasteiger partial charge in [-0.25, -0.2) is 4.98 Å². The lowest BCUT2D eigenvalue weighted by atomic mass is 10.1. The summed E-state index contributed by atoms with van der Waals surface area (Å²) >= 11 is 1.59. The van der Waals surface area contributed by atoms with Gasteiger partial charge in [0.25, 0.3) is 5.69 Å². The van der Waals surface area contributed by atoms with Crippen LogP contribution in [-0.2, 0) is 9.59 Å². The van der Waals surface area contributed by atoms with Gasteiger partial charge < -0.3 is 10.2 Å². The van der Waals surface area contributed by atoms with Crippen molar-refractivity contribution in [1.82, 2.24) is 4.98 Å². The van der Waals surface area contributed by atoms with Crippen molar-refractivity contribution in [2.75, 3.05) is 16.8 Å². The van der Waals surface area contributed by atoms with Crippen LogP contribution in [0.25, 0.3) is 10.2 Å². The van der Waals surface area contributed by atoms with Gasteiger partial charge in [0.2, 0.25) is 11.8 Å². The van der Waals surface area contributed by atoms with Crippen molar-refractivity contribution in [1.29, 1.82) is 0 Å². The monoisotopic (exact) mass is 396 g/mol. The quantitative estimate of drug-likeness (QED) is 0.537. The normalized spacial score (nSPS) is 16.5. The van der Waals surface area contributed by atoms with Crippen molar-refractivity contribution in [3.05, 3.63) is 57.6 Å². The summed E-state index contributed by atoms with van der Waals surface area (Å²) in [7, 11) is 0. The summed E-state index contributed by atoms with van der Waals surface area (Å²) in [5.41, 5.74) is 1.98. The summed E-state index contributed by atoms with van der Waals surface area (Å²) < 4.78 is 1.06. The van der Waals surface area contributed by atoms with Crippen LogP contribution in [0.2, 0.25) is 0 Å². The molecular weight excluding hydrogens is 380 g/mol. The molecule has 1 atom stereocenters. The SMILES string of the molecule is Cc1nc2cc(N3CC(C(=O)Nc4ccc([N+](=O)[O-])cc4)CC3=O)ccc2s1. The van der Waals surface area contributed by atoms with Gasteiger partial charge in [0.05, 0.1) is 26.1 Å². The van der Waals surface area contributed by atoms with Crippen LogP contribution in [-0.4, -0.2) is 28.3 Å². The molecule has 2 amide bonds. The van der Waals surface area contributed by atoms with Crippen molar-refractivity contribution in [2.24, 2.45) is 5.92 Å². The maximum atomic E-state index is 12.5. The Morgan fingerprint density at radius 3 is 2.75 bits per heavy atom. The third-order valence-electron chi connectivity index (χ3n) is 4.63. The van der Waals surface area contributed by atoms with Crippen LogP contribution in [0.5, 0.6) is 0 Å². The molecule has 0 aliphatic carbocycles. The van der Waals surface area contributed by atoms with Gasteiger partial charge in [-0.1, -0.05) is 0 Å². The number of hydrogen-bond acceptors (Lipinski definition) is 6. The molecular formula is C19H16N4O4S. The predicted octanol–water partition coefficient (Wildman–Crippen LogP) is 3.50. The van der Waals surface area contributed by atoms with E-state index in [1.165, 1.54) is 24.3 Å². The molecule has 1 unspecified atom stereocenters. The zero-order valence-electron chi connectivity index (χ0n) is 14.9. The van der Waals surface area contributed by atoms with E-state index in [2.05, 4.69) is 10.3 Å². The molecule has 1 aromatic heterocycles. The minimum absolute atomic E-state index is 0.0483. The van der Waals surface area contributed by atoms with Crippen molar-refractivity contribution in [3.63, 3.8) is 0 Å². The van der Waals surface area contributed by atoms with E-state index in [0.29, 0.717) is 5.69 Å². The molecule has 8 nitrogen and oxygen atoms in total. The van der Waals surface area contributed by atoms with Crippen LogP contribution in [0.4, 0.5) is 17.1 Å². The summed E-state index contributed by atoms with van der Waals surface area (Å²) in [6, 6.07) is 11.3. The number of amides is 2. The number of nitro groups is 1. The van der Waals surface area contributed by atoms with Crippen molar-refractivity contribution < 1.29 is 14.5 Å². The van der Waals surface area contributed by atoms with E-state index < -0.39 is 10.8 Å². The summed E-state index contributed by atoms with van der Waals surface area (Å²) in [5.74, 6) is -0.888. The van der Waals surface area contributed by atoms with Crippen LogP contribution in [0.15, 0.2) is 42.5 Å². The number of carbonyl (C=O) groups excluding carboxylic acids is 2. The Kier molecular flexibility index (Phi) is 4.52. The van der Waals surface area contributed by atoms with Gasteiger partial charge in [-0.3, -0.25) is 19.7 Å². The largest absolute Gasteiger partial charge is 0.326 e. The minimum atomic E-state index is -0.500. The summed E-state index contributed by atoms with van der Waals surface area (Å²) in [5, 5.41) is 14.4. The molecule has 0 spiro atoms. The lowest BCUT2D eigenvalue weighted by molar-refractivity contribution is -0.384. The van der Waals surface area contributed by atoms with E-state index in [4.69, 9.17) is 0 Å². The number of nitrogens with zero attached hydrogens (tertiary/aromatic N) is 3. The number of rotatable bonds is 4. The molecule has 2 aromatic carbocycles. The second kappa shape index (κ2) is 7.01. The topological polar surface area (TPSA) is 105 Å². The number of carbonyl (C=O) groups is 2. The molecule has 2 heterocycles. The van der Waals surface area contributed by atoms with Crippen molar-refractivity contribution in [2.45, 2.75) is 13.3 Å². The molecule has 1 fully saturated rings. The lowest BCUT2D eigenvalue weighted by Crippen LogP contribution is -2.28. The van der Waals surface area contributed by atoms with E-state index in [1.807, 2.05) is 25.1 Å². The van der Waals surface area contributed by atoms with Gasteiger partial charge in [0.1, 0.15) is 0 Å². The highest BCUT2D eigenvalue weighted by atomic mass is 32.1. The molecule has 142 valence electrons. The smallest absolute Gasteiger partial charge is 0.269 e. The first kappa shape index (κ1) is 18.1. The maximum absolute atomic E-state index is 12.5.